The second-order valence-corrected chi connectivity index (χ2v) is 5.04. The molecule has 0 saturated heterocycles. The summed E-state index contributed by atoms with van der Waals surface area (Å²) in [4.78, 5) is 12.0. The molecule has 0 aliphatic carbocycles. The number of hydrogen-bond acceptors (Lipinski definition) is 4. The number of hydrogen-bond donors (Lipinski definition) is 1. The van der Waals surface area contributed by atoms with E-state index in [4.69, 9.17) is 4.74 Å². The first-order chi connectivity index (χ1) is 8.42. The smallest absolute Gasteiger partial charge is 0.435 e. The number of aliphatic hydroxyl groups excluding tert-OH is 1. The van der Waals surface area contributed by atoms with E-state index in [0.29, 0.717) is 5.52 Å². The van der Waals surface area contributed by atoms with Crippen molar-refractivity contribution in [2.45, 2.75) is 33.0 Å². The van der Waals surface area contributed by atoms with Gasteiger partial charge in [0.1, 0.15) is 5.60 Å². The normalized spacial score (nSPS) is 11.8. The SMILES string of the molecule is CC(C)(C)OC(=O)n1ncc2c(CO)cccc21. The van der Waals surface area contributed by atoms with Gasteiger partial charge in [-0.25, -0.2) is 4.79 Å². The quantitative estimate of drug-likeness (QED) is 0.841. The summed E-state index contributed by atoms with van der Waals surface area (Å²) in [5.41, 5.74) is 0.808. The van der Waals surface area contributed by atoms with Gasteiger partial charge >= 0.3 is 6.09 Å². The Bertz CT molecular complexity index is 581. The van der Waals surface area contributed by atoms with Crippen LogP contribution < -0.4 is 0 Å². The van der Waals surface area contributed by atoms with Crippen molar-refractivity contribution in [3.63, 3.8) is 0 Å². The number of aromatic nitrogens is 2. The molecule has 96 valence electrons. The molecule has 0 atom stereocenters. The molecule has 1 aromatic carbocycles. The zero-order valence-electron chi connectivity index (χ0n) is 10.7. The third kappa shape index (κ3) is 2.36. The Morgan fingerprint density at radius 1 is 1.44 bits per heavy atom. The van der Waals surface area contributed by atoms with E-state index in [9.17, 15) is 9.90 Å². The van der Waals surface area contributed by atoms with Gasteiger partial charge in [-0.15, -0.1) is 0 Å². The Balaban J connectivity index is 2.44. The van der Waals surface area contributed by atoms with E-state index >= 15 is 0 Å². The summed E-state index contributed by atoms with van der Waals surface area (Å²) in [6, 6.07) is 5.34. The van der Waals surface area contributed by atoms with Crippen molar-refractivity contribution in [1.82, 2.24) is 9.78 Å². The summed E-state index contributed by atoms with van der Waals surface area (Å²) in [6.07, 6.45) is 1.04. The molecule has 1 heterocycles. The van der Waals surface area contributed by atoms with Crippen molar-refractivity contribution < 1.29 is 14.6 Å². The Kier molecular flexibility index (Phi) is 3.09. The third-order valence-corrected chi connectivity index (χ3v) is 2.44. The molecule has 0 bridgehead atoms. The fourth-order valence-electron chi connectivity index (χ4n) is 1.70. The largest absolute Gasteiger partial charge is 0.442 e. The number of carbonyl (C=O) groups is 1. The maximum Gasteiger partial charge on any atom is 0.435 e. The van der Waals surface area contributed by atoms with Crippen LogP contribution in [0.2, 0.25) is 0 Å². The molecule has 0 aliphatic heterocycles. The lowest BCUT2D eigenvalue weighted by Crippen LogP contribution is -2.27. The van der Waals surface area contributed by atoms with Crippen molar-refractivity contribution in [1.29, 1.82) is 0 Å². The lowest BCUT2D eigenvalue weighted by Gasteiger charge is -2.19. The Morgan fingerprint density at radius 2 is 2.17 bits per heavy atom. The van der Waals surface area contributed by atoms with Crippen molar-refractivity contribution in [3.8, 4) is 0 Å². The summed E-state index contributed by atoms with van der Waals surface area (Å²) >= 11 is 0. The molecule has 0 amide bonds. The van der Waals surface area contributed by atoms with Crippen molar-refractivity contribution in [2.24, 2.45) is 0 Å². The van der Waals surface area contributed by atoms with Crippen LogP contribution in [0.25, 0.3) is 10.9 Å². The molecule has 2 aromatic rings. The van der Waals surface area contributed by atoms with E-state index in [1.807, 2.05) is 0 Å². The molecule has 0 unspecified atom stereocenters. The first-order valence-electron chi connectivity index (χ1n) is 5.72. The molecule has 0 saturated carbocycles. The van der Waals surface area contributed by atoms with E-state index < -0.39 is 11.7 Å². The summed E-state index contributed by atoms with van der Waals surface area (Å²) in [7, 11) is 0. The van der Waals surface area contributed by atoms with Crippen molar-refractivity contribution in [3.05, 3.63) is 30.0 Å². The molecule has 2 rings (SSSR count). The highest BCUT2D eigenvalue weighted by Crippen LogP contribution is 2.19. The van der Waals surface area contributed by atoms with Crippen LogP contribution in [0.15, 0.2) is 24.4 Å². The Hall–Kier alpha value is -1.88. The monoisotopic (exact) mass is 248 g/mol. The zero-order chi connectivity index (χ0) is 13.3. The van der Waals surface area contributed by atoms with Gasteiger partial charge in [-0.2, -0.15) is 9.78 Å². The second kappa shape index (κ2) is 4.42. The molecule has 18 heavy (non-hydrogen) atoms. The molecule has 1 N–H and O–H groups in total. The van der Waals surface area contributed by atoms with Gasteiger partial charge in [-0.3, -0.25) is 0 Å². The zero-order valence-corrected chi connectivity index (χ0v) is 10.7. The average Bonchev–Trinajstić information content (AvgIpc) is 2.69. The number of benzene rings is 1. The number of aliphatic hydroxyl groups is 1. The maximum atomic E-state index is 12.0. The van der Waals surface area contributed by atoms with Crippen LogP contribution in [0.3, 0.4) is 0 Å². The van der Waals surface area contributed by atoms with Gasteiger partial charge in [-0.1, -0.05) is 12.1 Å². The van der Waals surface area contributed by atoms with Crippen LogP contribution in [-0.2, 0) is 11.3 Å². The highest BCUT2D eigenvalue weighted by Gasteiger charge is 2.20. The van der Waals surface area contributed by atoms with Crippen LogP contribution in [-0.4, -0.2) is 26.6 Å². The summed E-state index contributed by atoms with van der Waals surface area (Å²) in [5, 5.41) is 14.0. The van der Waals surface area contributed by atoms with E-state index in [1.165, 1.54) is 4.68 Å². The second-order valence-electron chi connectivity index (χ2n) is 5.04. The topological polar surface area (TPSA) is 64.4 Å². The minimum absolute atomic E-state index is 0.0860. The average molecular weight is 248 g/mol. The number of rotatable bonds is 1. The molecule has 1 aromatic heterocycles. The van der Waals surface area contributed by atoms with Crippen LogP contribution in [0.4, 0.5) is 4.79 Å². The van der Waals surface area contributed by atoms with Gasteiger partial charge in [-0.05, 0) is 32.4 Å². The van der Waals surface area contributed by atoms with Crippen LogP contribution in [0, 0.1) is 0 Å². The fraction of sp³-hybridized carbons (Fsp3) is 0.385. The molecular formula is C13H16N2O3. The number of ether oxygens (including phenoxy) is 1. The maximum absolute atomic E-state index is 12.0. The molecule has 5 nitrogen and oxygen atoms in total. The third-order valence-electron chi connectivity index (χ3n) is 2.44. The van der Waals surface area contributed by atoms with Gasteiger partial charge in [0.05, 0.1) is 18.3 Å². The predicted molar refractivity (Wildman–Crippen MR) is 67.3 cm³/mol. The van der Waals surface area contributed by atoms with E-state index in [-0.39, 0.29) is 6.61 Å². The molecular weight excluding hydrogens is 232 g/mol. The Morgan fingerprint density at radius 3 is 2.78 bits per heavy atom. The van der Waals surface area contributed by atoms with E-state index in [0.717, 1.165) is 10.9 Å². The lowest BCUT2D eigenvalue weighted by atomic mass is 10.1. The van der Waals surface area contributed by atoms with Gasteiger partial charge in [0.25, 0.3) is 0 Å². The van der Waals surface area contributed by atoms with Crippen LogP contribution in [0.1, 0.15) is 26.3 Å². The molecule has 0 fully saturated rings. The van der Waals surface area contributed by atoms with Crippen molar-refractivity contribution in [2.75, 3.05) is 0 Å². The van der Waals surface area contributed by atoms with Crippen LogP contribution in [0.5, 0.6) is 0 Å². The number of carbonyl (C=O) groups excluding carboxylic acids is 1. The minimum atomic E-state index is -0.566. The standard InChI is InChI=1S/C13H16N2O3/c1-13(2,3)18-12(17)15-11-6-4-5-9(8-16)10(11)7-14-15/h4-7,16H,8H2,1-3H3. The van der Waals surface area contributed by atoms with E-state index in [2.05, 4.69) is 5.10 Å². The molecule has 5 heteroatoms. The van der Waals surface area contributed by atoms with Crippen LogP contribution >= 0.6 is 0 Å². The fourth-order valence-corrected chi connectivity index (χ4v) is 1.70. The summed E-state index contributed by atoms with van der Waals surface area (Å²) in [5.74, 6) is 0. The summed E-state index contributed by atoms with van der Waals surface area (Å²) in [6.45, 7) is 5.32. The Labute approximate surface area is 105 Å². The first kappa shape index (κ1) is 12.6. The van der Waals surface area contributed by atoms with Gasteiger partial charge in [0, 0.05) is 5.39 Å². The van der Waals surface area contributed by atoms with Gasteiger partial charge in [0.15, 0.2) is 0 Å². The van der Waals surface area contributed by atoms with Crippen molar-refractivity contribution >= 4 is 17.0 Å². The van der Waals surface area contributed by atoms with Gasteiger partial charge in [0.2, 0.25) is 0 Å². The first-order valence-corrected chi connectivity index (χ1v) is 5.72. The predicted octanol–water partition coefficient (Wildman–Crippen LogP) is 2.31. The molecule has 0 spiro atoms. The summed E-state index contributed by atoms with van der Waals surface area (Å²) < 4.78 is 6.47. The molecule has 0 aliphatic rings. The highest BCUT2D eigenvalue weighted by atomic mass is 16.6. The molecule has 0 radical (unpaired) electrons. The van der Waals surface area contributed by atoms with Gasteiger partial charge < -0.3 is 9.84 Å². The number of fused-ring (bicyclic) bond motifs is 1. The highest BCUT2D eigenvalue weighted by molar-refractivity contribution is 5.89. The minimum Gasteiger partial charge on any atom is -0.442 e. The number of nitrogens with zero attached hydrogens (tertiary/aromatic N) is 2. The lowest BCUT2D eigenvalue weighted by molar-refractivity contribution is 0.0522. The van der Waals surface area contributed by atoms with E-state index in [1.54, 1.807) is 45.2 Å².